The third kappa shape index (κ3) is 3.96. The molecule has 25 heavy (non-hydrogen) atoms. The van der Waals surface area contributed by atoms with E-state index in [1.807, 2.05) is 25.1 Å². The van der Waals surface area contributed by atoms with Crippen molar-refractivity contribution in [3.63, 3.8) is 0 Å². The molecule has 134 valence electrons. The van der Waals surface area contributed by atoms with Gasteiger partial charge in [-0.15, -0.1) is 0 Å². The zero-order chi connectivity index (χ0) is 17.8. The van der Waals surface area contributed by atoms with E-state index in [0.29, 0.717) is 38.4 Å². The largest absolute Gasteiger partial charge is 0.372 e. The standard InChI is InChI=1S/C17H24N6O2/c1-12-13(10-22(3)21-12)4-5-15(24)23-8-9-25-14(11-23)16-17(18-2)20-7-6-19-16/h6-7,10,14H,4-5,8-9,11H2,1-3H3,(H,18,20). The highest BCUT2D eigenvalue weighted by atomic mass is 16.5. The highest BCUT2D eigenvalue weighted by molar-refractivity contribution is 5.76. The molecule has 3 heterocycles. The number of nitrogens with zero attached hydrogens (tertiary/aromatic N) is 5. The Labute approximate surface area is 147 Å². The summed E-state index contributed by atoms with van der Waals surface area (Å²) in [4.78, 5) is 23.1. The van der Waals surface area contributed by atoms with E-state index in [4.69, 9.17) is 4.74 Å². The molecular formula is C17H24N6O2. The summed E-state index contributed by atoms with van der Waals surface area (Å²) in [5.74, 6) is 0.819. The van der Waals surface area contributed by atoms with Crippen LogP contribution in [0.15, 0.2) is 18.6 Å². The Kier molecular flexibility index (Phi) is 5.28. The van der Waals surface area contributed by atoms with Gasteiger partial charge in [-0.2, -0.15) is 5.10 Å². The lowest BCUT2D eigenvalue weighted by atomic mass is 10.1. The van der Waals surface area contributed by atoms with Gasteiger partial charge < -0.3 is 15.0 Å². The monoisotopic (exact) mass is 344 g/mol. The van der Waals surface area contributed by atoms with Crippen molar-refractivity contribution in [2.75, 3.05) is 32.1 Å². The number of carbonyl (C=O) groups excluding carboxylic acids is 1. The van der Waals surface area contributed by atoms with E-state index < -0.39 is 0 Å². The van der Waals surface area contributed by atoms with Crippen molar-refractivity contribution in [2.45, 2.75) is 25.9 Å². The summed E-state index contributed by atoms with van der Waals surface area (Å²) in [7, 11) is 3.70. The SMILES string of the molecule is CNc1nccnc1C1CN(C(=O)CCc2cn(C)nc2C)CCO1. The summed E-state index contributed by atoms with van der Waals surface area (Å²) in [6.45, 7) is 3.58. The fourth-order valence-electron chi connectivity index (χ4n) is 3.11. The average molecular weight is 344 g/mol. The third-order valence-corrected chi connectivity index (χ3v) is 4.41. The van der Waals surface area contributed by atoms with E-state index in [1.165, 1.54) is 0 Å². The van der Waals surface area contributed by atoms with Crippen LogP contribution in [0.4, 0.5) is 5.82 Å². The minimum absolute atomic E-state index is 0.131. The number of carbonyl (C=O) groups is 1. The molecule has 1 aliphatic rings. The van der Waals surface area contributed by atoms with Crippen molar-refractivity contribution >= 4 is 11.7 Å². The van der Waals surface area contributed by atoms with Crippen LogP contribution in [0.25, 0.3) is 0 Å². The van der Waals surface area contributed by atoms with Crippen molar-refractivity contribution < 1.29 is 9.53 Å². The van der Waals surface area contributed by atoms with E-state index >= 15 is 0 Å². The molecule has 1 saturated heterocycles. The van der Waals surface area contributed by atoms with Gasteiger partial charge in [0.1, 0.15) is 17.6 Å². The summed E-state index contributed by atoms with van der Waals surface area (Å²) in [5.41, 5.74) is 2.84. The van der Waals surface area contributed by atoms with E-state index in [9.17, 15) is 4.79 Å². The van der Waals surface area contributed by atoms with E-state index in [2.05, 4.69) is 20.4 Å². The summed E-state index contributed by atoms with van der Waals surface area (Å²) < 4.78 is 7.61. The summed E-state index contributed by atoms with van der Waals surface area (Å²) in [6.07, 6.45) is 6.17. The average Bonchev–Trinajstić information content (AvgIpc) is 2.97. The number of nitrogens with one attached hydrogen (secondary N) is 1. The molecular weight excluding hydrogens is 320 g/mol. The molecule has 3 rings (SSSR count). The fourth-order valence-corrected chi connectivity index (χ4v) is 3.11. The second-order valence-electron chi connectivity index (χ2n) is 6.15. The zero-order valence-corrected chi connectivity index (χ0v) is 14.9. The van der Waals surface area contributed by atoms with Crippen LogP contribution >= 0.6 is 0 Å². The number of ether oxygens (including phenoxy) is 1. The molecule has 1 amide bonds. The van der Waals surface area contributed by atoms with Crippen LogP contribution in [-0.2, 0) is 23.0 Å². The number of hydrogen-bond acceptors (Lipinski definition) is 6. The van der Waals surface area contributed by atoms with Crippen molar-refractivity contribution in [3.05, 3.63) is 35.5 Å². The molecule has 1 atom stereocenters. The first-order chi connectivity index (χ1) is 12.1. The molecule has 0 radical (unpaired) electrons. The minimum Gasteiger partial charge on any atom is -0.372 e. The summed E-state index contributed by atoms with van der Waals surface area (Å²) >= 11 is 0. The Bertz CT molecular complexity index is 744. The number of aryl methyl sites for hydroxylation is 3. The predicted octanol–water partition coefficient (Wildman–Crippen LogP) is 1.09. The number of aromatic nitrogens is 4. The molecule has 0 saturated carbocycles. The second kappa shape index (κ2) is 7.60. The number of amides is 1. The molecule has 0 bridgehead atoms. The minimum atomic E-state index is -0.256. The highest BCUT2D eigenvalue weighted by Crippen LogP contribution is 2.25. The van der Waals surface area contributed by atoms with E-state index in [1.54, 1.807) is 24.1 Å². The maximum Gasteiger partial charge on any atom is 0.223 e. The molecule has 8 heteroatoms. The van der Waals surface area contributed by atoms with Crippen molar-refractivity contribution in [1.29, 1.82) is 0 Å². The Balaban J connectivity index is 1.62. The van der Waals surface area contributed by atoms with Crippen LogP contribution in [0.1, 0.15) is 29.5 Å². The van der Waals surface area contributed by atoms with E-state index in [0.717, 1.165) is 17.0 Å². The van der Waals surface area contributed by atoms with Gasteiger partial charge in [-0.1, -0.05) is 0 Å². The lowest BCUT2D eigenvalue weighted by Crippen LogP contribution is -2.42. The maximum atomic E-state index is 12.6. The molecule has 8 nitrogen and oxygen atoms in total. The van der Waals surface area contributed by atoms with Crippen LogP contribution in [0.3, 0.4) is 0 Å². The first-order valence-electron chi connectivity index (χ1n) is 8.45. The Morgan fingerprint density at radius 3 is 2.92 bits per heavy atom. The molecule has 1 aliphatic heterocycles. The highest BCUT2D eigenvalue weighted by Gasteiger charge is 2.28. The lowest BCUT2D eigenvalue weighted by Gasteiger charge is -2.33. The van der Waals surface area contributed by atoms with Gasteiger partial charge in [0.25, 0.3) is 0 Å². The van der Waals surface area contributed by atoms with Crippen LogP contribution in [0.2, 0.25) is 0 Å². The van der Waals surface area contributed by atoms with Gasteiger partial charge in [-0.3, -0.25) is 14.5 Å². The topological polar surface area (TPSA) is 85.2 Å². The predicted molar refractivity (Wildman–Crippen MR) is 93.1 cm³/mol. The van der Waals surface area contributed by atoms with Crippen molar-refractivity contribution in [2.24, 2.45) is 7.05 Å². The smallest absolute Gasteiger partial charge is 0.223 e. The van der Waals surface area contributed by atoms with Crippen LogP contribution in [0.5, 0.6) is 0 Å². The van der Waals surface area contributed by atoms with Gasteiger partial charge in [-0.05, 0) is 18.9 Å². The van der Waals surface area contributed by atoms with Crippen molar-refractivity contribution in [3.8, 4) is 0 Å². The molecule has 0 aliphatic carbocycles. The van der Waals surface area contributed by atoms with Gasteiger partial charge in [-0.25, -0.2) is 4.98 Å². The molecule has 1 fully saturated rings. The quantitative estimate of drug-likeness (QED) is 0.874. The number of morpholine rings is 1. The summed E-state index contributed by atoms with van der Waals surface area (Å²) in [5, 5.41) is 7.35. The molecule has 2 aromatic heterocycles. The van der Waals surface area contributed by atoms with Gasteiger partial charge in [0.15, 0.2) is 0 Å². The van der Waals surface area contributed by atoms with Gasteiger partial charge in [0, 0.05) is 45.7 Å². The normalized spacial score (nSPS) is 17.6. The molecule has 1 unspecified atom stereocenters. The number of anilines is 1. The molecule has 1 N–H and O–H groups in total. The van der Waals surface area contributed by atoms with Crippen LogP contribution < -0.4 is 5.32 Å². The third-order valence-electron chi connectivity index (χ3n) is 4.41. The number of hydrogen-bond donors (Lipinski definition) is 1. The molecule has 0 spiro atoms. The van der Waals surface area contributed by atoms with Gasteiger partial charge >= 0.3 is 0 Å². The molecule has 0 aromatic carbocycles. The van der Waals surface area contributed by atoms with Crippen molar-refractivity contribution in [1.82, 2.24) is 24.6 Å². The Morgan fingerprint density at radius 2 is 2.20 bits per heavy atom. The van der Waals surface area contributed by atoms with Crippen LogP contribution in [-0.4, -0.2) is 57.3 Å². The van der Waals surface area contributed by atoms with E-state index in [-0.39, 0.29) is 12.0 Å². The zero-order valence-electron chi connectivity index (χ0n) is 14.9. The second-order valence-corrected chi connectivity index (χ2v) is 6.15. The van der Waals surface area contributed by atoms with Gasteiger partial charge in [0.05, 0.1) is 18.8 Å². The van der Waals surface area contributed by atoms with Gasteiger partial charge in [0.2, 0.25) is 5.91 Å². The first-order valence-corrected chi connectivity index (χ1v) is 8.45. The Morgan fingerprint density at radius 1 is 1.40 bits per heavy atom. The summed E-state index contributed by atoms with van der Waals surface area (Å²) in [6, 6.07) is 0. The number of rotatable bonds is 5. The Hall–Kier alpha value is -2.48. The maximum absolute atomic E-state index is 12.6. The lowest BCUT2D eigenvalue weighted by molar-refractivity contribution is -0.139. The first kappa shape index (κ1) is 17.3. The molecule has 2 aromatic rings. The van der Waals surface area contributed by atoms with Crippen LogP contribution in [0, 0.1) is 6.92 Å². The fraction of sp³-hybridized carbons (Fsp3) is 0.529.